The Morgan fingerprint density at radius 1 is 0.614 bits per heavy atom. The molecule has 3 amide bonds. The van der Waals surface area contributed by atoms with Crippen molar-refractivity contribution >= 4 is 23.7 Å². The number of hydrogen-bond donors (Lipinski definition) is 7. The van der Waals surface area contributed by atoms with Crippen LogP contribution < -0.4 is 27.4 Å². The Morgan fingerprint density at radius 2 is 1.07 bits per heavy atom. The fourth-order valence-corrected chi connectivity index (χ4v) is 4.67. The number of rotatable bonds is 17. The Bertz CT molecular complexity index is 1350. The summed E-state index contributed by atoms with van der Waals surface area (Å²) in [6, 6.07) is 20.1. The van der Waals surface area contributed by atoms with Gasteiger partial charge in [0.1, 0.15) is 23.9 Å². The molecule has 44 heavy (non-hydrogen) atoms. The molecule has 0 fully saturated rings. The molecule has 0 aromatic heterocycles. The van der Waals surface area contributed by atoms with Crippen LogP contribution in [-0.2, 0) is 38.4 Å². The number of aliphatic carboxylic acids is 1. The third-order valence-corrected chi connectivity index (χ3v) is 7.12. The Hall–Kier alpha value is -4.74. The van der Waals surface area contributed by atoms with E-state index in [4.69, 9.17) is 11.5 Å². The van der Waals surface area contributed by atoms with Gasteiger partial charge in [0.2, 0.25) is 17.7 Å². The van der Waals surface area contributed by atoms with Gasteiger partial charge >= 0.3 is 5.97 Å². The van der Waals surface area contributed by atoms with Crippen LogP contribution in [0, 0.1) is 0 Å². The quantitative estimate of drug-likeness (QED) is 0.112. The van der Waals surface area contributed by atoms with E-state index in [0.29, 0.717) is 24.9 Å². The summed E-state index contributed by atoms with van der Waals surface area (Å²) in [6.07, 6.45) is 1.66. The van der Waals surface area contributed by atoms with Crippen molar-refractivity contribution in [2.75, 3.05) is 6.54 Å². The lowest BCUT2D eigenvalue weighted by Crippen LogP contribution is -2.58. The fraction of sp³-hybridized carbons (Fsp3) is 0.333. The molecule has 0 unspecified atom stereocenters. The SMILES string of the molecule is NCCCC[C@H](NC(=O)[C@H](Cc1ccc(O)cc1)NC(=O)[C@H](Cc1ccccc1)NC(=O)[C@@H](N)Cc1ccccc1)C(=O)O. The standard InChI is InChI=1S/C33H41N5O6/c34-18-8-7-13-27(33(43)44)36-31(41)29(21-24-14-16-25(39)17-15-24)38-32(42)28(20-23-11-5-2-6-12-23)37-30(40)26(35)19-22-9-3-1-4-10-22/h1-6,9-12,14-17,26-29,39H,7-8,13,18-21,34-35H2,(H,36,41)(H,37,40)(H,38,42)(H,43,44)/t26-,27-,28-,29-/m0/s1. The van der Waals surface area contributed by atoms with E-state index in [2.05, 4.69) is 16.0 Å². The largest absolute Gasteiger partial charge is 0.508 e. The molecule has 4 atom stereocenters. The number of nitrogens with one attached hydrogen (secondary N) is 3. The average molecular weight is 604 g/mol. The predicted molar refractivity (Wildman–Crippen MR) is 166 cm³/mol. The van der Waals surface area contributed by atoms with E-state index in [1.807, 2.05) is 60.7 Å². The number of unbranched alkanes of at least 4 members (excludes halogenated alkanes) is 1. The number of amides is 3. The summed E-state index contributed by atoms with van der Waals surface area (Å²) in [5, 5.41) is 27.4. The van der Waals surface area contributed by atoms with Gasteiger partial charge in [-0.15, -0.1) is 0 Å². The van der Waals surface area contributed by atoms with E-state index in [-0.39, 0.29) is 31.4 Å². The summed E-state index contributed by atoms with van der Waals surface area (Å²) in [5.74, 6) is -3.04. The smallest absolute Gasteiger partial charge is 0.326 e. The zero-order valence-corrected chi connectivity index (χ0v) is 24.5. The Kier molecular flexibility index (Phi) is 13.3. The second-order valence-corrected chi connectivity index (χ2v) is 10.7. The molecule has 0 saturated heterocycles. The van der Waals surface area contributed by atoms with Crippen LogP contribution in [0.2, 0.25) is 0 Å². The molecule has 0 aliphatic rings. The monoisotopic (exact) mass is 603 g/mol. The van der Waals surface area contributed by atoms with Crippen molar-refractivity contribution < 1.29 is 29.4 Å². The zero-order valence-electron chi connectivity index (χ0n) is 24.5. The molecule has 3 rings (SSSR count). The summed E-state index contributed by atoms with van der Waals surface area (Å²) >= 11 is 0. The molecule has 9 N–H and O–H groups in total. The van der Waals surface area contributed by atoms with Crippen LogP contribution in [-0.4, -0.2) is 64.6 Å². The number of nitrogens with two attached hydrogens (primary N) is 2. The van der Waals surface area contributed by atoms with Gasteiger partial charge in [0.25, 0.3) is 0 Å². The van der Waals surface area contributed by atoms with Gasteiger partial charge in [0.05, 0.1) is 6.04 Å². The van der Waals surface area contributed by atoms with Crippen molar-refractivity contribution in [3.63, 3.8) is 0 Å². The van der Waals surface area contributed by atoms with Gasteiger partial charge < -0.3 is 37.6 Å². The predicted octanol–water partition coefficient (Wildman–Crippen LogP) is 1.42. The molecule has 0 aliphatic carbocycles. The summed E-state index contributed by atoms with van der Waals surface area (Å²) in [7, 11) is 0. The summed E-state index contributed by atoms with van der Waals surface area (Å²) in [4.78, 5) is 52.2. The Balaban J connectivity index is 1.82. The number of hydrogen-bond acceptors (Lipinski definition) is 7. The normalized spacial score (nSPS) is 13.6. The van der Waals surface area contributed by atoms with Crippen LogP contribution >= 0.6 is 0 Å². The van der Waals surface area contributed by atoms with E-state index < -0.39 is 47.9 Å². The maximum Gasteiger partial charge on any atom is 0.326 e. The highest BCUT2D eigenvalue weighted by molar-refractivity contribution is 5.94. The molecule has 234 valence electrons. The first-order valence-electron chi connectivity index (χ1n) is 14.6. The molecule has 0 aliphatic heterocycles. The van der Waals surface area contributed by atoms with Crippen molar-refractivity contribution in [2.45, 2.75) is 62.7 Å². The molecule has 0 saturated carbocycles. The first-order valence-corrected chi connectivity index (χ1v) is 14.6. The molecule has 3 aromatic carbocycles. The molecule has 3 aromatic rings. The Morgan fingerprint density at radius 3 is 1.57 bits per heavy atom. The number of aromatic hydroxyl groups is 1. The second kappa shape index (κ2) is 17.4. The maximum absolute atomic E-state index is 13.7. The van der Waals surface area contributed by atoms with Crippen LogP contribution in [0.25, 0.3) is 0 Å². The van der Waals surface area contributed by atoms with Crippen molar-refractivity contribution in [3.05, 3.63) is 102 Å². The van der Waals surface area contributed by atoms with Crippen molar-refractivity contribution in [3.8, 4) is 5.75 Å². The number of benzene rings is 3. The fourth-order valence-electron chi connectivity index (χ4n) is 4.67. The zero-order chi connectivity index (χ0) is 31.9. The minimum absolute atomic E-state index is 0.00647. The van der Waals surface area contributed by atoms with Gasteiger partial charge in [0.15, 0.2) is 0 Å². The number of carbonyl (C=O) groups is 4. The number of phenols is 1. The van der Waals surface area contributed by atoms with Crippen LogP contribution in [0.3, 0.4) is 0 Å². The highest BCUT2D eigenvalue weighted by Gasteiger charge is 2.30. The molecule has 11 nitrogen and oxygen atoms in total. The lowest BCUT2D eigenvalue weighted by Gasteiger charge is -2.25. The third-order valence-electron chi connectivity index (χ3n) is 7.12. The van der Waals surface area contributed by atoms with Crippen LogP contribution in [0.4, 0.5) is 0 Å². The van der Waals surface area contributed by atoms with Gasteiger partial charge in [-0.05, 0) is 61.1 Å². The van der Waals surface area contributed by atoms with E-state index in [1.54, 1.807) is 12.1 Å². The first-order chi connectivity index (χ1) is 21.2. The number of carboxylic acid groups (broad SMARTS) is 1. The van der Waals surface area contributed by atoms with Gasteiger partial charge in [-0.2, -0.15) is 0 Å². The van der Waals surface area contributed by atoms with E-state index in [0.717, 1.165) is 11.1 Å². The van der Waals surface area contributed by atoms with Gasteiger partial charge in [-0.25, -0.2) is 4.79 Å². The molecular formula is C33H41N5O6. The minimum Gasteiger partial charge on any atom is -0.508 e. The first kappa shape index (κ1) is 33.8. The number of carbonyl (C=O) groups excluding carboxylic acids is 3. The van der Waals surface area contributed by atoms with Crippen molar-refractivity contribution in [1.82, 2.24) is 16.0 Å². The van der Waals surface area contributed by atoms with Crippen LogP contribution in [0.5, 0.6) is 5.75 Å². The summed E-state index contributed by atoms with van der Waals surface area (Å²) in [5.41, 5.74) is 14.0. The summed E-state index contributed by atoms with van der Waals surface area (Å²) in [6.45, 7) is 0.392. The van der Waals surface area contributed by atoms with Gasteiger partial charge in [-0.1, -0.05) is 72.8 Å². The van der Waals surface area contributed by atoms with Crippen LogP contribution in [0.15, 0.2) is 84.9 Å². The average Bonchev–Trinajstić information content (AvgIpc) is 3.01. The molecule has 0 heterocycles. The topological polar surface area (TPSA) is 197 Å². The van der Waals surface area contributed by atoms with Crippen LogP contribution in [0.1, 0.15) is 36.0 Å². The molecule has 0 radical (unpaired) electrons. The second-order valence-electron chi connectivity index (χ2n) is 10.7. The third kappa shape index (κ3) is 11.2. The van der Waals surface area contributed by atoms with Crippen molar-refractivity contribution in [1.29, 1.82) is 0 Å². The lowest BCUT2D eigenvalue weighted by molar-refractivity contribution is -0.142. The lowest BCUT2D eigenvalue weighted by atomic mass is 10.0. The number of carboxylic acids is 1. The van der Waals surface area contributed by atoms with E-state index in [1.165, 1.54) is 12.1 Å². The van der Waals surface area contributed by atoms with E-state index >= 15 is 0 Å². The van der Waals surface area contributed by atoms with E-state index in [9.17, 15) is 29.4 Å². The minimum atomic E-state index is -1.20. The maximum atomic E-state index is 13.7. The summed E-state index contributed by atoms with van der Waals surface area (Å²) < 4.78 is 0. The Labute approximate surface area is 257 Å². The number of phenolic OH excluding ortho intramolecular Hbond substituents is 1. The molecular weight excluding hydrogens is 562 g/mol. The molecule has 0 bridgehead atoms. The highest BCUT2D eigenvalue weighted by Crippen LogP contribution is 2.13. The van der Waals surface area contributed by atoms with Crippen molar-refractivity contribution in [2.24, 2.45) is 11.5 Å². The molecule has 0 spiro atoms. The van der Waals surface area contributed by atoms with Gasteiger partial charge in [0, 0.05) is 12.8 Å². The van der Waals surface area contributed by atoms with Gasteiger partial charge in [-0.3, -0.25) is 14.4 Å². The molecule has 11 heteroatoms. The highest BCUT2D eigenvalue weighted by atomic mass is 16.4.